The number of hydrogen-bond acceptors (Lipinski definition) is 5. The molecule has 2 rings (SSSR count). The van der Waals surface area contributed by atoms with Crippen LogP contribution >= 0.6 is 11.6 Å². The molecule has 1 heterocycles. The maximum absolute atomic E-state index is 12.6. The van der Waals surface area contributed by atoms with Crippen LogP contribution in [0.15, 0.2) is 24.8 Å². The van der Waals surface area contributed by atoms with Crippen LogP contribution in [0.5, 0.6) is 0 Å². The zero-order valence-electron chi connectivity index (χ0n) is 12.5. The lowest BCUT2D eigenvalue weighted by molar-refractivity contribution is 0.0594. The van der Waals surface area contributed by atoms with Gasteiger partial charge >= 0.3 is 5.97 Å². The molecule has 7 heteroatoms. The molecule has 0 atom stereocenters. The molecule has 5 nitrogen and oxygen atoms in total. The number of aromatic nitrogens is 2. The first-order chi connectivity index (χ1) is 11.0. The number of methoxy groups -OCH3 is 1. The van der Waals surface area contributed by atoms with Crippen molar-refractivity contribution < 1.29 is 13.9 Å². The van der Waals surface area contributed by atoms with Gasteiger partial charge in [0.05, 0.1) is 13.8 Å². The summed E-state index contributed by atoms with van der Waals surface area (Å²) in [6, 6.07) is 4.97. The Balaban J connectivity index is 2.60. The van der Waals surface area contributed by atoms with Crippen LogP contribution in [-0.2, 0) is 11.2 Å². The number of alkyl halides is 1. The third-order valence-corrected chi connectivity index (χ3v) is 3.59. The van der Waals surface area contributed by atoms with Crippen LogP contribution in [0.25, 0.3) is 17.5 Å². The smallest absolute Gasteiger partial charge is 0.357 e. The fourth-order valence-corrected chi connectivity index (χ4v) is 2.29. The zero-order chi connectivity index (χ0) is 17.0. The van der Waals surface area contributed by atoms with E-state index < -0.39 is 12.6 Å². The number of nitrogens with zero attached hydrogens (tertiary/aromatic N) is 2. The van der Waals surface area contributed by atoms with Gasteiger partial charge in [0.25, 0.3) is 0 Å². The lowest BCUT2D eigenvalue weighted by Gasteiger charge is -2.10. The Kier molecular flexibility index (Phi) is 5.28. The number of ether oxygens (including phenoxy) is 1. The number of rotatable bonds is 5. The third-order valence-electron chi connectivity index (χ3n) is 3.23. The number of aryl methyl sites for hydroxylation is 1. The van der Waals surface area contributed by atoms with Crippen molar-refractivity contribution in [3.05, 3.63) is 46.6 Å². The van der Waals surface area contributed by atoms with Crippen molar-refractivity contribution in [2.45, 2.75) is 6.42 Å². The van der Waals surface area contributed by atoms with Gasteiger partial charge in [-0.2, -0.15) is 0 Å². The summed E-state index contributed by atoms with van der Waals surface area (Å²) in [6.07, 6.45) is 1.57. The van der Waals surface area contributed by atoms with E-state index in [0.29, 0.717) is 21.7 Å². The number of anilines is 1. The first kappa shape index (κ1) is 16.9. The predicted octanol–water partition coefficient (Wildman–Crippen LogP) is 3.32. The second-order valence-corrected chi connectivity index (χ2v) is 5.04. The number of hydrogen-bond donors (Lipinski definition) is 1. The quantitative estimate of drug-likeness (QED) is 0.848. The van der Waals surface area contributed by atoms with Crippen LogP contribution in [0.2, 0.25) is 5.02 Å². The van der Waals surface area contributed by atoms with E-state index >= 15 is 0 Å². The number of benzene rings is 1. The Morgan fingerprint density at radius 3 is 2.83 bits per heavy atom. The predicted molar refractivity (Wildman–Crippen MR) is 88.0 cm³/mol. The van der Waals surface area contributed by atoms with E-state index in [1.54, 1.807) is 18.2 Å². The number of nitrogen functional groups attached to an aromatic ring is 1. The maximum atomic E-state index is 12.6. The van der Waals surface area contributed by atoms with Crippen molar-refractivity contribution in [3.63, 3.8) is 0 Å². The molecule has 2 N–H and O–H groups in total. The Labute approximate surface area is 138 Å². The van der Waals surface area contributed by atoms with Gasteiger partial charge in [0, 0.05) is 22.6 Å². The van der Waals surface area contributed by atoms with E-state index in [9.17, 15) is 9.18 Å². The second-order valence-electron chi connectivity index (χ2n) is 4.64. The van der Waals surface area contributed by atoms with E-state index in [1.807, 2.05) is 0 Å². The third kappa shape index (κ3) is 3.48. The minimum Gasteiger partial charge on any atom is -0.464 e. The van der Waals surface area contributed by atoms with E-state index in [-0.39, 0.29) is 23.8 Å². The highest BCUT2D eigenvalue weighted by Crippen LogP contribution is 2.26. The fraction of sp³-hybridized carbons (Fsp3) is 0.188. The van der Waals surface area contributed by atoms with Crippen molar-refractivity contribution in [3.8, 4) is 11.4 Å². The lowest BCUT2D eigenvalue weighted by atomic mass is 10.1. The van der Waals surface area contributed by atoms with Gasteiger partial charge in [-0.25, -0.2) is 14.8 Å². The van der Waals surface area contributed by atoms with Gasteiger partial charge < -0.3 is 10.5 Å². The molecule has 0 spiro atoms. The number of nitrogens with two attached hydrogens (primary N) is 1. The van der Waals surface area contributed by atoms with Crippen LogP contribution in [0.3, 0.4) is 0 Å². The Bertz CT molecular complexity index is 765. The van der Waals surface area contributed by atoms with Gasteiger partial charge in [0.2, 0.25) is 0 Å². The molecule has 0 radical (unpaired) electrons. The number of carbonyl (C=O) groups is 1. The van der Waals surface area contributed by atoms with Crippen molar-refractivity contribution in [2.24, 2.45) is 0 Å². The van der Waals surface area contributed by atoms with Crippen LogP contribution in [0.1, 0.15) is 21.6 Å². The summed E-state index contributed by atoms with van der Waals surface area (Å²) in [5, 5.41) is 0.454. The first-order valence-electron chi connectivity index (χ1n) is 6.74. The van der Waals surface area contributed by atoms with Crippen molar-refractivity contribution in [1.29, 1.82) is 0 Å². The van der Waals surface area contributed by atoms with Gasteiger partial charge in [0.1, 0.15) is 5.82 Å². The molecule has 1 aromatic carbocycles. The van der Waals surface area contributed by atoms with Crippen molar-refractivity contribution >= 4 is 29.5 Å². The molecule has 0 amide bonds. The second kappa shape index (κ2) is 7.19. The highest BCUT2D eigenvalue weighted by atomic mass is 35.5. The van der Waals surface area contributed by atoms with E-state index in [4.69, 9.17) is 22.1 Å². The molecule has 0 aliphatic rings. The van der Waals surface area contributed by atoms with E-state index in [2.05, 4.69) is 16.5 Å². The standard InChI is InChI=1S/C16H15ClFN3O2/c1-3-11-13(16(22)23-2)20-15(21-14(11)19)10-4-5-12(17)9(8-10)6-7-18/h3-5,8H,1,6-7H2,2H3,(H2,19,20,21). The van der Waals surface area contributed by atoms with Gasteiger partial charge in [-0.05, 0) is 23.8 Å². The summed E-state index contributed by atoms with van der Waals surface area (Å²) >= 11 is 6.03. The van der Waals surface area contributed by atoms with E-state index in [1.165, 1.54) is 13.2 Å². The fourth-order valence-electron chi connectivity index (χ4n) is 2.08. The average molecular weight is 336 g/mol. The summed E-state index contributed by atoms with van der Waals surface area (Å²) in [5.41, 5.74) is 7.40. The molecule has 2 aromatic rings. The topological polar surface area (TPSA) is 78.1 Å². The monoisotopic (exact) mass is 335 g/mol. The molecule has 120 valence electrons. The Morgan fingerprint density at radius 1 is 1.48 bits per heavy atom. The first-order valence-corrected chi connectivity index (χ1v) is 7.12. The molecule has 0 aliphatic heterocycles. The number of esters is 1. The van der Waals surface area contributed by atoms with Gasteiger partial charge in [-0.3, -0.25) is 4.39 Å². The van der Waals surface area contributed by atoms with Gasteiger partial charge in [-0.1, -0.05) is 24.3 Å². The highest BCUT2D eigenvalue weighted by Gasteiger charge is 2.18. The summed E-state index contributed by atoms with van der Waals surface area (Å²) in [6.45, 7) is 3.06. The van der Waals surface area contributed by atoms with Crippen LogP contribution in [0.4, 0.5) is 10.2 Å². The van der Waals surface area contributed by atoms with E-state index in [0.717, 1.165) is 0 Å². The summed E-state index contributed by atoms with van der Waals surface area (Å²) in [4.78, 5) is 20.2. The molecular weight excluding hydrogens is 321 g/mol. The normalized spacial score (nSPS) is 10.4. The highest BCUT2D eigenvalue weighted by molar-refractivity contribution is 6.31. The molecule has 0 bridgehead atoms. The largest absolute Gasteiger partial charge is 0.464 e. The molecule has 23 heavy (non-hydrogen) atoms. The van der Waals surface area contributed by atoms with Crippen molar-refractivity contribution in [2.75, 3.05) is 19.5 Å². The average Bonchev–Trinajstić information content (AvgIpc) is 2.55. The zero-order valence-corrected chi connectivity index (χ0v) is 13.2. The molecule has 1 aromatic heterocycles. The van der Waals surface area contributed by atoms with Crippen molar-refractivity contribution in [1.82, 2.24) is 9.97 Å². The summed E-state index contributed by atoms with van der Waals surface area (Å²) in [5.74, 6) is -0.314. The summed E-state index contributed by atoms with van der Waals surface area (Å²) in [7, 11) is 1.24. The van der Waals surface area contributed by atoms with Gasteiger partial charge in [-0.15, -0.1) is 0 Å². The number of carbonyl (C=O) groups excluding carboxylic acids is 1. The minimum atomic E-state index is -0.645. The molecular formula is C16H15ClFN3O2. The van der Waals surface area contributed by atoms with Crippen LogP contribution in [0, 0.1) is 0 Å². The van der Waals surface area contributed by atoms with Gasteiger partial charge in [0.15, 0.2) is 11.5 Å². The number of halogens is 2. The van der Waals surface area contributed by atoms with Crippen LogP contribution in [-0.4, -0.2) is 29.7 Å². The lowest BCUT2D eigenvalue weighted by Crippen LogP contribution is -2.12. The minimum absolute atomic E-state index is 0.0204. The summed E-state index contributed by atoms with van der Waals surface area (Å²) < 4.78 is 17.3. The Hall–Kier alpha value is -2.47. The molecule has 0 aliphatic carbocycles. The maximum Gasteiger partial charge on any atom is 0.357 e. The SMILES string of the molecule is C=Cc1c(N)nc(-c2ccc(Cl)c(CCF)c2)nc1C(=O)OC. The molecule has 0 saturated carbocycles. The Morgan fingerprint density at radius 2 is 2.22 bits per heavy atom. The molecule has 0 fully saturated rings. The molecule has 0 unspecified atom stereocenters. The molecule has 0 saturated heterocycles. The van der Waals surface area contributed by atoms with Crippen LogP contribution < -0.4 is 5.73 Å².